The SMILES string of the molecule is COCCOC(=O)/C=C/N(C)CCN(C)/C=C/C(=O)OCCSSCCOC(=O)/C=C/N(C)CCN(C)/C=C/C(=O)OCCSC. The topological polar surface area (TPSA) is 127 Å². The minimum Gasteiger partial charge on any atom is -0.462 e. The standard InChI is InChI=1S/C30H50N4O9S3/c1-31(11-7-27(35)40-20-19-39-5)15-16-33(3)13-9-29(37)42-22-25-45-46-26-23-43-30(38)10-14-34(4)18-17-32(2)12-8-28(36)41-21-24-44-6/h7-14H,15-26H2,1-6H3/b11-7+,12-8+,13-9+,14-10+. The summed E-state index contributed by atoms with van der Waals surface area (Å²) in [5.41, 5.74) is 0. The van der Waals surface area contributed by atoms with Gasteiger partial charge in [0.25, 0.3) is 0 Å². The fourth-order valence-electron chi connectivity index (χ4n) is 2.80. The zero-order chi connectivity index (χ0) is 34.4. The summed E-state index contributed by atoms with van der Waals surface area (Å²) in [5, 5.41) is 0. The summed E-state index contributed by atoms with van der Waals surface area (Å²) in [4.78, 5) is 54.4. The third kappa shape index (κ3) is 28.5. The number of likely N-dealkylation sites (N-methyl/N-ethyl adjacent to an activating group) is 4. The van der Waals surface area contributed by atoms with Gasteiger partial charge in [0.05, 0.1) is 6.61 Å². The van der Waals surface area contributed by atoms with Crippen LogP contribution in [-0.2, 0) is 42.9 Å². The van der Waals surface area contributed by atoms with Crippen molar-refractivity contribution in [3.05, 3.63) is 49.1 Å². The molecule has 0 aliphatic rings. The molecule has 0 saturated heterocycles. The Morgan fingerprint density at radius 3 is 1.11 bits per heavy atom. The first-order valence-electron chi connectivity index (χ1n) is 14.5. The quantitative estimate of drug-likeness (QED) is 0.0407. The van der Waals surface area contributed by atoms with Gasteiger partial charge in [-0.25, -0.2) is 19.2 Å². The number of thioether (sulfide) groups is 1. The van der Waals surface area contributed by atoms with Crippen molar-refractivity contribution < 1.29 is 42.9 Å². The number of hydrogen-bond donors (Lipinski definition) is 0. The van der Waals surface area contributed by atoms with Crippen LogP contribution < -0.4 is 0 Å². The van der Waals surface area contributed by atoms with Gasteiger partial charge in [0.15, 0.2) is 0 Å². The van der Waals surface area contributed by atoms with E-state index in [1.54, 1.807) is 36.6 Å². The summed E-state index contributed by atoms with van der Waals surface area (Å²) in [7, 11) is 12.0. The molecule has 0 fully saturated rings. The van der Waals surface area contributed by atoms with E-state index in [1.165, 1.54) is 53.0 Å². The third-order valence-electron chi connectivity index (χ3n) is 5.44. The first-order valence-corrected chi connectivity index (χ1v) is 18.4. The predicted molar refractivity (Wildman–Crippen MR) is 186 cm³/mol. The molecular weight excluding hydrogens is 657 g/mol. The van der Waals surface area contributed by atoms with E-state index >= 15 is 0 Å². The van der Waals surface area contributed by atoms with E-state index in [2.05, 4.69) is 0 Å². The van der Waals surface area contributed by atoms with Crippen molar-refractivity contribution in [3.63, 3.8) is 0 Å². The number of nitrogens with zero attached hydrogens (tertiary/aromatic N) is 4. The Bertz CT molecular complexity index is 907. The fraction of sp³-hybridized carbons (Fsp3) is 0.600. The van der Waals surface area contributed by atoms with E-state index in [0.29, 0.717) is 50.9 Å². The lowest BCUT2D eigenvalue weighted by Crippen LogP contribution is -2.25. The molecule has 0 N–H and O–H groups in total. The van der Waals surface area contributed by atoms with Crippen molar-refractivity contribution in [2.75, 3.05) is 118 Å². The van der Waals surface area contributed by atoms with Gasteiger partial charge in [-0.15, -0.1) is 0 Å². The monoisotopic (exact) mass is 706 g/mol. The van der Waals surface area contributed by atoms with Gasteiger partial charge in [0.1, 0.15) is 26.4 Å². The highest BCUT2D eigenvalue weighted by molar-refractivity contribution is 8.76. The average molecular weight is 707 g/mol. The van der Waals surface area contributed by atoms with Crippen LogP contribution >= 0.6 is 33.3 Å². The summed E-state index contributed by atoms with van der Waals surface area (Å²) >= 11 is 1.62. The number of hydrogen-bond acceptors (Lipinski definition) is 16. The van der Waals surface area contributed by atoms with Crippen molar-refractivity contribution in [1.82, 2.24) is 19.6 Å². The number of rotatable bonds is 27. The maximum Gasteiger partial charge on any atom is 0.332 e. The summed E-state index contributed by atoms with van der Waals surface area (Å²) in [6.07, 6.45) is 14.1. The molecule has 0 aromatic rings. The van der Waals surface area contributed by atoms with E-state index < -0.39 is 17.9 Å². The van der Waals surface area contributed by atoms with E-state index in [0.717, 1.165) is 5.75 Å². The smallest absolute Gasteiger partial charge is 0.332 e. The van der Waals surface area contributed by atoms with Crippen LogP contribution in [0.2, 0.25) is 0 Å². The molecule has 0 radical (unpaired) electrons. The van der Waals surface area contributed by atoms with Crippen LogP contribution in [0.5, 0.6) is 0 Å². The van der Waals surface area contributed by atoms with Gasteiger partial charge in [0, 0.05) is 128 Å². The van der Waals surface area contributed by atoms with Crippen LogP contribution in [0.25, 0.3) is 0 Å². The van der Waals surface area contributed by atoms with E-state index in [1.807, 2.05) is 54.0 Å². The van der Waals surface area contributed by atoms with E-state index in [4.69, 9.17) is 23.7 Å². The summed E-state index contributed by atoms with van der Waals surface area (Å²) in [6.45, 7) is 4.03. The lowest BCUT2D eigenvalue weighted by atomic mass is 10.5. The highest BCUT2D eigenvalue weighted by Crippen LogP contribution is 2.20. The zero-order valence-corrected chi connectivity index (χ0v) is 30.2. The molecule has 13 nitrogen and oxygen atoms in total. The second-order valence-electron chi connectivity index (χ2n) is 9.48. The summed E-state index contributed by atoms with van der Waals surface area (Å²) in [6, 6.07) is 0. The minimum atomic E-state index is -0.433. The van der Waals surface area contributed by atoms with Gasteiger partial charge in [-0.2, -0.15) is 11.8 Å². The molecule has 0 aromatic carbocycles. The van der Waals surface area contributed by atoms with Gasteiger partial charge < -0.3 is 43.3 Å². The van der Waals surface area contributed by atoms with E-state index in [-0.39, 0.29) is 25.8 Å². The number of carbonyl (C=O) groups is 4. The first-order chi connectivity index (χ1) is 22.1. The summed E-state index contributed by atoms with van der Waals surface area (Å²) in [5.74, 6) is 0.321. The molecule has 0 aliphatic carbocycles. The van der Waals surface area contributed by atoms with Crippen LogP contribution in [-0.4, -0.2) is 162 Å². The van der Waals surface area contributed by atoms with Crippen LogP contribution in [0.4, 0.5) is 0 Å². The molecule has 0 heterocycles. The number of carbonyl (C=O) groups excluding carboxylic acids is 4. The predicted octanol–water partition coefficient (Wildman–Crippen LogP) is 2.33. The number of ether oxygens (including phenoxy) is 5. The normalized spacial score (nSPS) is 11.3. The number of methoxy groups -OCH3 is 1. The Morgan fingerprint density at radius 2 is 0.804 bits per heavy atom. The molecular formula is C30H50N4O9S3. The molecule has 0 aliphatic heterocycles. The lowest BCUT2D eigenvalue weighted by molar-refractivity contribution is -0.139. The van der Waals surface area contributed by atoms with Crippen molar-refractivity contribution in [3.8, 4) is 0 Å². The van der Waals surface area contributed by atoms with Gasteiger partial charge in [-0.05, 0) is 6.26 Å². The van der Waals surface area contributed by atoms with Crippen molar-refractivity contribution in [2.24, 2.45) is 0 Å². The molecule has 0 atom stereocenters. The maximum atomic E-state index is 11.9. The first kappa shape index (κ1) is 43.0. The molecule has 0 rings (SSSR count). The second kappa shape index (κ2) is 29.5. The van der Waals surface area contributed by atoms with Gasteiger partial charge >= 0.3 is 23.9 Å². The van der Waals surface area contributed by atoms with Crippen molar-refractivity contribution in [2.45, 2.75) is 0 Å². The lowest BCUT2D eigenvalue weighted by Gasteiger charge is -2.19. The molecule has 0 bridgehead atoms. The molecule has 46 heavy (non-hydrogen) atoms. The Hall–Kier alpha value is -2.95. The Morgan fingerprint density at radius 1 is 0.500 bits per heavy atom. The molecule has 0 amide bonds. The van der Waals surface area contributed by atoms with Crippen LogP contribution in [0, 0.1) is 0 Å². The molecule has 16 heteroatoms. The van der Waals surface area contributed by atoms with Gasteiger partial charge in [0.2, 0.25) is 0 Å². The third-order valence-corrected chi connectivity index (χ3v) is 8.35. The largest absolute Gasteiger partial charge is 0.462 e. The van der Waals surface area contributed by atoms with Crippen LogP contribution in [0.1, 0.15) is 0 Å². The van der Waals surface area contributed by atoms with Crippen molar-refractivity contribution in [1.29, 1.82) is 0 Å². The zero-order valence-electron chi connectivity index (χ0n) is 27.8. The summed E-state index contributed by atoms with van der Waals surface area (Å²) < 4.78 is 25.2. The molecule has 0 unspecified atom stereocenters. The molecule has 0 saturated carbocycles. The Labute approximate surface area is 286 Å². The molecule has 0 spiro atoms. The average Bonchev–Trinajstić information content (AvgIpc) is 3.03. The minimum absolute atomic E-state index is 0.209. The van der Waals surface area contributed by atoms with Crippen LogP contribution in [0.15, 0.2) is 49.1 Å². The second-order valence-corrected chi connectivity index (χ2v) is 13.2. The Kier molecular flexibility index (Phi) is 27.6. The number of esters is 4. The van der Waals surface area contributed by atoms with Crippen molar-refractivity contribution >= 4 is 57.2 Å². The molecule has 0 aromatic heterocycles. The van der Waals surface area contributed by atoms with Gasteiger partial charge in [-0.1, -0.05) is 21.6 Å². The molecule has 262 valence electrons. The van der Waals surface area contributed by atoms with Gasteiger partial charge in [-0.3, -0.25) is 0 Å². The Balaban J connectivity index is 3.90. The van der Waals surface area contributed by atoms with E-state index in [9.17, 15) is 19.2 Å². The highest BCUT2D eigenvalue weighted by atomic mass is 33.1. The fourth-order valence-corrected chi connectivity index (χ4v) is 4.70. The van der Waals surface area contributed by atoms with Crippen LogP contribution in [0.3, 0.4) is 0 Å². The maximum absolute atomic E-state index is 11.9. The highest BCUT2D eigenvalue weighted by Gasteiger charge is 2.03.